The van der Waals surface area contributed by atoms with Crippen molar-refractivity contribution < 1.29 is 9.59 Å². The Morgan fingerprint density at radius 2 is 1.83 bits per heavy atom. The largest absolute Gasteiger partial charge is 0.354 e. The van der Waals surface area contributed by atoms with Crippen molar-refractivity contribution in [1.82, 2.24) is 31.1 Å². The Hall–Kier alpha value is -3.90. The summed E-state index contributed by atoms with van der Waals surface area (Å²) in [5, 5.41) is 8.63. The highest BCUT2D eigenvalue weighted by Crippen LogP contribution is 2.33. The SMILES string of the molecule is O=C1NCCCCC[C@H](n2cnc(-c3cc(Cl)ccc3N3C=C(Cl)NN3)cc2=O)c2cccc(c2)N2C(=O)CNC[C@H]12. The molecule has 42 heavy (non-hydrogen) atoms. The van der Waals surface area contributed by atoms with E-state index >= 15 is 0 Å². The first kappa shape index (κ1) is 28.2. The zero-order chi connectivity index (χ0) is 29.2. The quantitative estimate of drug-likeness (QED) is 0.335. The number of halogens is 2. The van der Waals surface area contributed by atoms with Gasteiger partial charge in [-0.3, -0.25) is 34.3 Å². The average molecular weight is 610 g/mol. The lowest BCUT2D eigenvalue weighted by Gasteiger charge is -2.35. The molecule has 0 saturated carbocycles. The number of anilines is 2. The first-order valence-electron chi connectivity index (χ1n) is 13.9. The Balaban J connectivity index is 1.39. The van der Waals surface area contributed by atoms with Crippen LogP contribution in [-0.4, -0.2) is 47.0 Å². The predicted molar refractivity (Wildman–Crippen MR) is 162 cm³/mol. The van der Waals surface area contributed by atoms with Crippen molar-refractivity contribution in [3.8, 4) is 11.3 Å². The van der Waals surface area contributed by atoms with Gasteiger partial charge in [0.1, 0.15) is 11.2 Å². The first-order valence-corrected chi connectivity index (χ1v) is 14.6. The molecule has 11 nitrogen and oxygen atoms in total. The number of fused-ring (bicyclic) bond motifs is 4. The van der Waals surface area contributed by atoms with E-state index in [0.29, 0.717) is 52.3 Å². The van der Waals surface area contributed by atoms with Crippen LogP contribution in [0.15, 0.2) is 71.0 Å². The number of hydrogen-bond acceptors (Lipinski definition) is 8. The molecule has 1 saturated heterocycles. The molecule has 218 valence electrons. The fraction of sp³-hybridized carbons (Fsp3) is 0.310. The topological polar surface area (TPSA) is 124 Å². The summed E-state index contributed by atoms with van der Waals surface area (Å²) in [6, 6.07) is 13.4. The summed E-state index contributed by atoms with van der Waals surface area (Å²) >= 11 is 12.4. The van der Waals surface area contributed by atoms with Crippen LogP contribution in [0.2, 0.25) is 5.02 Å². The minimum atomic E-state index is -0.652. The molecular formula is C29H30Cl2N8O3. The van der Waals surface area contributed by atoms with Crippen molar-refractivity contribution >= 4 is 46.4 Å². The van der Waals surface area contributed by atoms with E-state index in [1.165, 1.54) is 6.07 Å². The summed E-state index contributed by atoms with van der Waals surface area (Å²) in [5.41, 5.74) is 8.86. The fourth-order valence-electron chi connectivity index (χ4n) is 5.65. The number of carbonyl (C=O) groups is 2. The highest BCUT2D eigenvalue weighted by molar-refractivity contribution is 6.31. The smallest absolute Gasteiger partial charge is 0.254 e. The lowest BCUT2D eigenvalue weighted by atomic mass is 9.98. The molecular weight excluding hydrogens is 579 g/mol. The van der Waals surface area contributed by atoms with Gasteiger partial charge in [0.25, 0.3) is 5.56 Å². The van der Waals surface area contributed by atoms with Crippen LogP contribution in [0.3, 0.4) is 0 Å². The Bertz CT molecular complexity index is 1610. The highest BCUT2D eigenvalue weighted by atomic mass is 35.5. The van der Waals surface area contributed by atoms with Crippen molar-refractivity contribution in [1.29, 1.82) is 0 Å². The van der Waals surface area contributed by atoms with E-state index in [4.69, 9.17) is 28.2 Å². The Morgan fingerprint density at radius 3 is 2.64 bits per heavy atom. The van der Waals surface area contributed by atoms with Gasteiger partial charge in [0.2, 0.25) is 11.8 Å². The number of benzene rings is 2. The molecule has 0 unspecified atom stereocenters. The Kier molecular flexibility index (Phi) is 8.16. The van der Waals surface area contributed by atoms with Crippen LogP contribution in [0.5, 0.6) is 0 Å². The minimum Gasteiger partial charge on any atom is -0.354 e. The van der Waals surface area contributed by atoms with E-state index in [0.717, 1.165) is 24.8 Å². The maximum Gasteiger partial charge on any atom is 0.254 e. The van der Waals surface area contributed by atoms with Crippen molar-refractivity contribution in [3.05, 3.63) is 87.2 Å². The van der Waals surface area contributed by atoms with Gasteiger partial charge in [0.05, 0.1) is 36.5 Å². The Morgan fingerprint density at radius 1 is 0.952 bits per heavy atom. The van der Waals surface area contributed by atoms with E-state index in [1.54, 1.807) is 39.1 Å². The second kappa shape index (κ2) is 12.1. The lowest BCUT2D eigenvalue weighted by molar-refractivity contribution is -0.127. The molecule has 2 atom stereocenters. The Labute approximate surface area is 252 Å². The van der Waals surface area contributed by atoms with Crippen LogP contribution >= 0.6 is 23.2 Å². The predicted octanol–water partition coefficient (Wildman–Crippen LogP) is 3.02. The molecule has 0 spiro atoms. The van der Waals surface area contributed by atoms with Gasteiger partial charge in [-0.05, 0) is 48.7 Å². The minimum absolute atomic E-state index is 0.152. The third-order valence-electron chi connectivity index (χ3n) is 7.69. The summed E-state index contributed by atoms with van der Waals surface area (Å²) in [4.78, 5) is 46.0. The number of piperazine rings is 1. The molecule has 3 aliphatic heterocycles. The van der Waals surface area contributed by atoms with Crippen molar-refractivity contribution in [2.45, 2.75) is 37.8 Å². The van der Waals surface area contributed by atoms with Gasteiger partial charge in [0, 0.05) is 35.4 Å². The number of aromatic nitrogens is 2. The molecule has 13 heteroatoms. The van der Waals surface area contributed by atoms with Gasteiger partial charge in [-0.25, -0.2) is 4.98 Å². The summed E-state index contributed by atoms with van der Waals surface area (Å²) in [6.07, 6.45) is 6.44. The highest BCUT2D eigenvalue weighted by Gasteiger charge is 2.34. The maximum atomic E-state index is 13.7. The van der Waals surface area contributed by atoms with E-state index in [9.17, 15) is 14.4 Å². The third kappa shape index (κ3) is 5.73. The van der Waals surface area contributed by atoms with Crippen molar-refractivity contribution in [2.75, 3.05) is 29.5 Å². The number of carbonyl (C=O) groups excluding carboxylic acids is 2. The van der Waals surface area contributed by atoms with E-state index in [2.05, 4.69) is 21.6 Å². The van der Waals surface area contributed by atoms with Crippen LogP contribution in [-0.2, 0) is 9.59 Å². The van der Waals surface area contributed by atoms with Crippen LogP contribution in [0.4, 0.5) is 11.4 Å². The third-order valence-corrected chi connectivity index (χ3v) is 8.11. The van der Waals surface area contributed by atoms with E-state index < -0.39 is 6.04 Å². The normalized spacial score (nSPS) is 21.3. The van der Waals surface area contributed by atoms with Gasteiger partial charge in [0.15, 0.2) is 0 Å². The number of amides is 2. The second-order valence-electron chi connectivity index (χ2n) is 10.4. The van der Waals surface area contributed by atoms with Gasteiger partial charge in [-0.2, -0.15) is 0 Å². The average Bonchev–Trinajstić information content (AvgIpc) is 3.42. The van der Waals surface area contributed by atoms with Gasteiger partial charge >= 0.3 is 0 Å². The summed E-state index contributed by atoms with van der Waals surface area (Å²) < 4.78 is 1.64. The number of nitrogens with zero attached hydrogens (tertiary/aromatic N) is 4. The zero-order valence-electron chi connectivity index (χ0n) is 22.6. The van der Waals surface area contributed by atoms with Gasteiger partial charge < -0.3 is 10.6 Å². The summed E-state index contributed by atoms with van der Waals surface area (Å²) in [5.74, 6) is -0.352. The van der Waals surface area contributed by atoms with Crippen molar-refractivity contribution in [3.63, 3.8) is 0 Å². The molecule has 4 N–H and O–H groups in total. The molecule has 3 aliphatic rings. The molecule has 6 rings (SSSR count). The summed E-state index contributed by atoms with van der Waals surface area (Å²) in [6.45, 7) is 1.05. The number of nitrogens with one attached hydrogen (secondary N) is 4. The van der Waals surface area contributed by atoms with E-state index in [1.807, 2.05) is 30.3 Å². The molecule has 0 aliphatic carbocycles. The van der Waals surface area contributed by atoms with E-state index in [-0.39, 0.29) is 30.0 Å². The molecule has 0 radical (unpaired) electrons. The molecule has 1 fully saturated rings. The van der Waals surface area contributed by atoms with Crippen LogP contribution in [0.1, 0.15) is 37.3 Å². The molecule has 1 aromatic heterocycles. The molecule has 2 aromatic carbocycles. The molecule has 3 aromatic rings. The summed E-state index contributed by atoms with van der Waals surface area (Å²) in [7, 11) is 0. The molecule has 2 bridgehead atoms. The number of hydrogen-bond donors (Lipinski definition) is 4. The maximum absolute atomic E-state index is 13.7. The first-order chi connectivity index (χ1) is 20.4. The van der Waals surface area contributed by atoms with Crippen molar-refractivity contribution in [2.24, 2.45) is 0 Å². The standard InChI is InChI=1S/C29H30Cl2N8O3/c30-19-8-9-24(38-16-26(31)35-36-38)21(12-19)22-13-27(40)37(17-34-22)23-7-2-1-3-10-33-29(42)25-14-32-15-28(41)39(25)20-6-4-5-18(23)11-20/h4-6,8-9,11-13,16-17,23,25,32,35-36H,1-3,7,10,14-15H2,(H,33,42)/t23-,25+/m0/s1. The van der Waals surface area contributed by atoms with Crippen LogP contribution in [0.25, 0.3) is 11.3 Å². The number of hydrazine groups is 2. The fourth-order valence-corrected chi connectivity index (χ4v) is 5.97. The van der Waals surface area contributed by atoms with Crippen LogP contribution < -0.4 is 37.1 Å². The molecule has 2 amide bonds. The second-order valence-corrected chi connectivity index (χ2v) is 11.3. The van der Waals surface area contributed by atoms with Gasteiger partial charge in [-0.15, -0.1) is 5.53 Å². The molecule has 4 heterocycles. The van der Waals surface area contributed by atoms with Crippen LogP contribution in [0, 0.1) is 0 Å². The lowest BCUT2D eigenvalue weighted by Crippen LogP contribution is -2.61. The van der Waals surface area contributed by atoms with Gasteiger partial charge in [-0.1, -0.05) is 48.2 Å². The number of rotatable bonds is 3. The zero-order valence-corrected chi connectivity index (χ0v) is 24.2. The monoisotopic (exact) mass is 608 g/mol.